The van der Waals surface area contributed by atoms with Gasteiger partial charge < -0.3 is 20.1 Å². The van der Waals surface area contributed by atoms with Gasteiger partial charge in [-0.1, -0.05) is 60.7 Å². The highest BCUT2D eigenvalue weighted by Crippen LogP contribution is 2.55. The number of phosphoric ester groups is 1. The molecule has 0 radical (unpaired) electrons. The summed E-state index contributed by atoms with van der Waals surface area (Å²) in [6, 6.07) is 16.7. The van der Waals surface area contributed by atoms with Gasteiger partial charge in [-0.25, -0.2) is 8.96 Å². The zero-order chi connectivity index (χ0) is 29.0. The Labute approximate surface area is 224 Å². The average molecular weight is 568 g/mol. The van der Waals surface area contributed by atoms with Crippen LogP contribution < -0.4 is 0 Å². The highest BCUT2D eigenvalue weighted by molar-refractivity contribution is 7.48. The molecule has 2 aromatic carbocycles. The van der Waals surface area contributed by atoms with Gasteiger partial charge in [-0.2, -0.15) is 0 Å². The van der Waals surface area contributed by atoms with Crippen LogP contribution in [0.3, 0.4) is 0 Å². The molecule has 2 aromatic rings. The molecular formula is C26H30FO11P. The predicted octanol–water partition coefficient (Wildman–Crippen LogP) is 2.20. The number of halogens is 1. The normalized spacial score (nSPS) is 28.0. The molecule has 1 aliphatic heterocycles. The van der Waals surface area contributed by atoms with Crippen LogP contribution in [0.4, 0.5) is 4.39 Å². The lowest BCUT2D eigenvalue weighted by molar-refractivity contribution is -0.324. The van der Waals surface area contributed by atoms with E-state index in [4.69, 9.17) is 18.3 Å². The Hall–Kier alpha value is -2.67. The van der Waals surface area contributed by atoms with Crippen molar-refractivity contribution in [2.24, 2.45) is 0 Å². The van der Waals surface area contributed by atoms with Crippen molar-refractivity contribution in [3.05, 3.63) is 71.8 Å². The maximum Gasteiger partial charge on any atom is 0.477 e. The average Bonchev–Trinajstić information content (AvgIpc) is 2.91. The van der Waals surface area contributed by atoms with E-state index in [-0.39, 0.29) is 13.2 Å². The van der Waals surface area contributed by atoms with Crippen LogP contribution in [0.2, 0.25) is 0 Å². The number of ether oxygens (including phenoxy) is 1. The Morgan fingerprint density at radius 2 is 1.33 bits per heavy atom. The van der Waals surface area contributed by atoms with Gasteiger partial charge in [0.2, 0.25) is 6.29 Å². The first-order chi connectivity index (χ1) is 18.3. The Morgan fingerprint density at radius 3 is 1.72 bits per heavy atom. The van der Waals surface area contributed by atoms with Crippen molar-refractivity contribution in [3.8, 4) is 0 Å². The molecule has 13 heteroatoms. The summed E-state index contributed by atoms with van der Waals surface area (Å²) in [7, 11) is -4.81. The fourth-order valence-electron chi connectivity index (χ4n) is 4.14. The number of hydrogen-bond acceptors (Lipinski definition) is 11. The van der Waals surface area contributed by atoms with E-state index in [1.54, 1.807) is 60.7 Å². The fraction of sp³-hybridized carbons (Fsp3) is 0.423. The van der Waals surface area contributed by atoms with E-state index in [0.717, 1.165) is 6.92 Å². The van der Waals surface area contributed by atoms with Gasteiger partial charge in [0.15, 0.2) is 34.7 Å². The SMILES string of the molecule is CC(=O)C(O)[C@H]1O[C@@H](OP(=O)(OCc2ccccc2)OCc2ccccc2)[C@H](F)[C@](O)(C(C)=O)[C@@]1(O)C(C)=O. The van der Waals surface area contributed by atoms with E-state index in [9.17, 15) is 34.3 Å². The number of carbonyl (C=O) groups excluding carboxylic acids is 3. The molecule has 6 atom stereocenters. The number of alkyl halides is 1. The third-order valence-electron chi connectivity index (χ3n) is 6.39. The lowest BCUT2D eigenvalue weighted by atomic mass is 9.67. The number of Topliss-reactive ketones (excluding diaryl/α,β-unsaturated/α-hetero) is 3. The van der Waals surface area contributed by atoms with Gasteiger partial charge in [0.25, 0.3) is 0 Å². The first-order valence-electron chi connectivity index (χ1n) is 11.9. The minimum atomic E-state index is -4.81. The van der Waals surface area contributed by atoms with Gasteiger partial charge in [-0.05, 0) is 31.9 Å². The summed E-state index contributed by atoms with van der Waals surface area (Å²) >= 11 is 0. The number of rotatable bonds is 12. The molecule has 0 saturated carbocycles. The standard InChI is InChI=1S/C26H30FO11P/c1-16(28)21(31)23-26(33,18(3)30)25(32,17(2)29)22(27)24(37-23)38-39(34,35-14-19-10-6-4-7-11-19)36-15-20-12-8-5-9-13-20/h4-13,21-24,31-33H,14-15H2,1-3H3/t21?,22-,23+,24-,25+,26+/m0/s1. The van der Waals surface area contributed by atoms with E-state index in [1.807, 2.05) is 0 Å². The van der Waals surface area contributed by atoms with Gasteiger partial charge in [-0.15, -0.1) is 0 Å². The molecule has 3 rings (SSSR count). The topological polar surface area (TPSA) is 166 Å². The Kier molecular flexibility index (Phi) is 9.69. The summed E-state index contributed by atoms with van der Waals surface area (Å²) in [6.07, 6.45) is -10.3. The van der Waals surface area contributed by atoms with E-state index in [1.165, 1.54) is 0 Å². The molecule has 3 N–H and O–H groups in total. The quantitative estimate of drug-likeness (QED) is 0.321. The van der Waals surface area contributed by atoms with Crippen molar-refractivity contribution < 1.29 is 57.0 Å². The van der Waals surface area contributed by atoms with Crippen molar-refractivity contribution in [2.75, 3.05) is 0 Å². The van der Waals surface area contributed by atoms with Crippen LogP contribution in [0.25, 0.3) is 0 Å². The number of aliphatic hydroxyl groups is 3. The summed E-state index contributed by atoms with van der Waals surface area (Å²) in [6.45, 7) is 1.57. The number of aliphatic hydroxyl groups excluding tert-OH is 1. The monoisotopic (exact) mass is 568 g/mol. The second kappa shape index (κ2) is 12.2. The van der Waals surface area contributed by atoms with Gasteiger partial charge in [0.1, 0.15) is 12.2 Å². The Bertz CT molecular complexity index is 1180. The van der Waals surface area contributed by atoms with Crippen molar-refractivity contribution in [3.63, 3.8) is 0 Å². The van der Waals surface area contributed by atoms with Gasteiger partial charge >= 0.3 is 7.82 Å². The highest BCUT2D eigenvalue weighted by Gasteiger charge is 2.73. The molecular weight excluding hydrogens is 538 g/mol. The van der Waals surface area contributed by atoms with Crippen LogP contribution in [-0.4, -0.2) is 68.5 Å². The van der Waals surface area contributed by atoms with Crippen LogP contribution in [0.5, 0.6) is 0 Å². The zero-order valence-electron chi connectivity index (χ0n) is 21.4. The van der Waals surface area contributed by atoms with Gasteiger partial charge in [-0.3, -0.25) is 28.0 Å². The van der Waals surface area contributed by atoms with Gasteiger partial charge in [0, 0.05) is 0 Å². The zero-order valence-corrected chi connectivity index (χ0v) is 22.3. The molecule has 0 aromatic heterocycles. The molecule has 212 valence electrons. The molecule has 1 fully saturated rings. The van der Waals surface area contributed by atoms with Crippen LogP contribution in [0, 0.1) is 0 Å². The summed E-state index contributed by atoms with van der Waals surface area (Å²) < 4.78 is 50.9. The fourth-order valence-corrected chi connectivity index (χ4v) is 5.36. The summed E-state index contributed by atoms with van der Waals surface area (Å²) in [4.78, 5) is 36.9. The summed E-state index contributed by atoms with van der Waals surface area (Å²) in [5.41, 5.74) is -5.93. The first-order valence-corrected chi connectivity index (χ1v) is 13.3. The molecule has 1 heterocycles. The van der Waals surface area contributed by atoms with Crippen LogP contribution in [-0.2, 0) is 50.5 Å². The van der Waals surface area contributed by atoms with Crippen molar-refractivity contribution in [1.82, 2.24) is 0 Å². The smallest absolute Gasteiger partial charge is 0.382 e. The second-order valence-corrected chi connectivity index (χ2v) is 10.7. The Balaban J connectivity index is 2.00. The molecule has 11 nitrogen and oxygen atoms in total. The summed E-state index contributed by atoms with van der Waals surface area (Å²) in [5.74, 6) is -3.88. The molecule has 0 aliphatic carbocycles. The number of ketones is 3. The second-order valence-electron chi connectivity index (χ2n) is 9.10. The molecule has 0 amide bonds. The largest absolute Gasteiger partial charge is 0.477 e. The number of carbonyl (C=O) groups is 3. The molecule has 39 heavy (non-hydrogen) atoms. The van der Waals surface area contributed by atoms with E-state index >= 15 is 4.39 Å². The van der Waals surface area contributed by atoms with E-state index < -0.39 is 61.0 Å². The molecule has 0 spiro atoms. The number of benzene rings is 2. The minimum absolute atomic E-state index is 0.343. The number of hydrogen-bond donors (Lipinski definition) is 3. The predicted molar refractivity (Wildman–Crippen MR) is 133 cm³/mol. The van der Waals surface area contributed by atoms with Gasteiger partial charge in [0.05, 0.1) is 13.2 Å². The van der Waals surface area contributed by atoms with Crippen LogP contribution in [0.1, 0.15) is 31.9 Å². The van der Waals surface area contributed by atoms with Crippen molar-refractivity contribution >= 4 is 25.2 Å². The molecule has 1 unspecified atom stereocenters. The lowest BCUT2D eigenvalue weighted by Crippen LogP contribution is -2.80. The molecule has 0 bridgehead atoms. The highest BCUT2D eigenvalue weighted by atomic mass is 31.2. The molecule has 1 saturated heterocycles. The number of phosphoric acid groups is 1. The van der Waals surface area contributed by atoms with Crippen LogP contribution >= 0.6 is 7.82 Å². The first kappa shape index (κ1) is 30.9. The third-order valence-corrected chi connectivity index (χ3v) is 7.74. The third kappa shape index (κ3) is 6.24. The van der Waals surface area contributed by atoms with E-state index in [2.05, 4.69) is 0 Å². The summed E-state index contributed by atoms with van der Waals surface area (Å²) in [5, 5.41) is 32.7. The Morgan fingerprint density at radius 1 is 0.897 bits per heavy atom. The van der Waals surface area contributed by atoms with E-state index in [0.29, 0.717) is 25.0 Å². The van der Waals surface area contributed by atoms with Crippen LogP contribution in [0.15, 0.2) is 60.7 Å². The van der Waals surface area contributed by atoms with Crippen molar-refractivity contribution in [2.45, 2.75) is 69.9 Å². The lowest BCUT2D eigenvalue weighted by Gasteiger charge is -2.52. The maximum atomic E-state index is 15.9. The van der Waals surface area contributed by atoms with Crippen molar-refractivity contribution in [1.29, 1.82) is 0 Å². The maximum absolute atomic E-state index is 15.9. The molecule has 1 aliphatic rings. The minimum Gasteiger partial charge on any atom is -0.382 e.